The summed E-state index contributed by atoms with van der Waals surface area (Å²) in [7, 11) is 4.08. The number of benzene rings is 1. The number of aryl methyl sites for hydroxylation is 1. The van der Waals surface area contributed by atoms with Crippen LogP contribution in [-0.4, -0.2) is 59.1 Å². The topological polar surface area (TPSA) is 62.5 Å². The summed E-state index contributed by atoms with van der Waals surface area (Å²) in [6, 6.07) is 7.87. The van der Waals surface area contributed by atoms with Gasteiger partial charge in [0.25, 0.3) is 5.91 Å². The van der Waals surface area contributed by atoms with E-state index in [1.807, 2.05) is 43.3 Å². The van der Waals surface area contributed by atoms with Gasteiger partial charge in [-0.1, -0.05) is 30.1 Å². The first kappa shape index (κ1) is 17.6. The standard InChI is InChI=1S/C19H26N4O2/c1-14-20-18(21-25-14)15-7-6-8-16(13-15)19(24)23(12-11-22(2)3)17-9-4-5-10-17/h6-8,13,17H,4-5,9-12H2,1-3H3. The summed E-state index contributed by atoms with van der Waals surface area (Å²) in [6.07, 6.45) is 4.61. The van der Waals surface area contributed by atoms with E-state index in [9.17, 15) is 4.79 Å². The van der Waals surface area contributed by atoms with Crippen molar-refractivity contribution in [1.82, 2.24) is 19.9 Å². The quantitative estimate of drug-likeness (QED) is 0.807. The maximum absolute atomic E-state index is 13.2. The van der Waals surface area contributed by atoms with Gasteiger partial charge in [0, 0.05) is 37.2 Å². The lowest BCUT2D eigenvalue weighted by molar-refractivity contribution is 0.0667. The van der Waals surface area contributed by atoms with Crippen LogP contribution in [0.1, 0.15) is 41.9 Å². The second kappa shape index (κ2) is 7.78. The van der Waals surface area contributed by atoms with Gasteiger partial charge in [-0.25, -0.2) is 0 Å². The van der Waals surface area contributed by atoms with Crippen LogP contribution in [0.2, 0.25) is 0 Å². The number of nitrogens with zero attached hydrogens (tertiary/aromatic N) is 4. The minimum Gasteiger partial charge on any atom is -0.339 e. The van der Waals surface area contributed by atoms with Crippen LogP contribution in [0.15, 0.2) is 28.8 Å². The smallest absolute Gasteiger partial charge is 0.254 e. The summed E-state index contributed by atoms with van der Waals surface area (Å²) < 4.78 is 5.05. The van der Waals surface area contributed by atoms with E-state index in [4.69, 9.17) is 4.52 Å². The third kappa shape index (κ3) is 4.25. The molecular weight excluding hydrogens is 316 g/mol. The number of aromatic nitrogens is 2. The lowest BCUT2D eigenvalue weighted by atomic mass is 10.1. The van der Waals surface area contributed by atoms with E-state index in [0.717, 1.165) is 31.5 Å². The van der Waals surface area contributed by atoms with Crippen molar-refractivity contribution in [3.8, 4) is 11.4 Å². The number of amides is 1. The van der Waals surface area contributed by atoms with Crippen molar-refractivity contribution >= 4 is 5.91 Å². The molecule has 0 saturated heterocycles. The molecule has 134 valence electrons. The Hall–Kier alpha value is -2.21. The van der Waals surface area contributed by atoms with Crippen LogP contribution in [0.4, 0.5) is 0 Å². The van der Waals surface area contributed by atoms with E-state index in [0.29, 0.717) is 23.3 Å². The first-order valence-corrected chi connectivity index (χ1v) is 8.91. The minimum absolute atomic E-state index is 0.0933. The van der Waals surface area contributed by atoms with Crippen LogP contribution in [0.25, 0.3) is 11.4 Å². The average molecular weight is 342 g/mol. The lowest BCUT2D eigenvalue weighted by Crippen LogP contribution is -2.42. The highest BCUT2D eigenvalue weighted by atomic mass is 16.5. The van der Waals surface area contributed by atoms with Crippen molar-refractivity contribution < 1.29 is 9.32 Å². The highest BCUT2D eigenvalue weighted by molar-refractivity contribution is 5.95. The summed E-state index contributed by atoms with van der Waals surface area (Å²) in [6.45, 7) is 3.38. The van der Waals surface area contributed by atoms with Crippen LogP contribution in [0.5, 0.6) is 0 Å². The van der Waals surface area contributed by atoms with Crippen molar-refractivity contribution in [3.63, 3.8) is 0 Å². The molecular formula is C19H26N4O2. The zero-order valence-electron chi connectivity index (χ0n) is 15.2. The van der Waals surface area contributed by atoms with Gasteiger partial charge in [0.2, 0.25) is 11.7 Å². The Kier molecular flexibility index (Phi) is 5.48. The number of hydrogen-bond donors (Lipinski definition) is 0. The molecule has 6 heteroatoms. The van der Waals surface area contributed by atoms with Crippen molar-refractivity contribution in [2.75, 3.05) is 27.2 Å². The number of rotatable bonds is 6. The zero-order chi connectivity index (χ0) is 17.8. The SMILES string of the molecule is Cc1nc(-c2cccc(C(=O)N(CCN(C)C)C3CCCC3)c2)no1. The Bertz CT molecular complexity index is 720. The molecule has 6 nitrogen and oxygen atoms in total. The van der Waals surface area contributed by atoms with E-state index < -0.39 is 0 Å². The van der Waals surface area contributed by atoms with Gasteiger partial charge >= 0.3 is 0 Å². The molecule has 1 saturated carbocycles. The van der Waals surface area contributed by atoms with E-state index >= 15 is 0 Å². The summed E-state index contributed by atoms with van der Waals surface area (Å²) in [5, 5.41) is 3.95. The van der Waals surface area contributed by atoms with Gasteiger partial charge in [0.15, 0.2) is 0 Å². The van der Waals surface area contributed by atoms with Crippen molar-refractivity contribution in [1.29, 1.82) is 0 Å². The van der Waals surface area contributed by atoms with Crippen molar-refractivity contribution in [3.05, 3.63) is 35.7 Å². The first-order chi connectivity index (χ1) is 12.0. The molecule has 1 heterocycles. The fraction of sp³-hybridized carbons (Fsp3) is 0.526. The number of hydrogen-bond acceptors (Lipinski definition) is 5. The molecule has 1 aromatic heterocycles. The monoisotopic (exact) mass is 342 g/mol. The van der Waals surface area contributed by atoms with Gasteiger partial charge in [-0.05, 0) is 39.1 Å². The number of carbonyl (C=O) groups is 1. The molecule has 1 aliphatic rings. The van der Waals surface area contributed by atoms with Crippen molar-refractivity contribution in [2.24, 2.45) is 0 Å². The maximum Gasteiger partial charge on any atom is 0.254 e. The Morgan fingerprint density at radius 2 is 2.00 bits per heavy atom. The van der Waals surface area contributed by atoms with Gasteiger partial charge in [-0.3, -0.25) is 4.79 Å². The third-order valence-corrected chi connectivity index (χ3v) is 4.71. The number of likely N-dealkylation sites (N-methyl/N-ethyl adjacent to an activating group) is 1. The molecule has 0 unspecified atom stereocenters. The Balaban J connectivity index is 1.83. The molecule has 0 N–H and O–H groups in total. The van der Waals surface area contributed by atoms with Gasteiger partial charge in [-0.15, -0.1) is 0 Å². The maximum atomic E-state index is 13.2. The summed E-state index contributed by atoms with van der Waals surface area (Å²) in [4.78, 5) is 21.6. The molecule has 1 fully saturated rings. The van der Waals surface area contributed by atoms with Crippen LogP contribution in [0.3, 0.4) is 0 Å². The second-order valence-electron chi connectivity index (χ2n) is 6.96. The molecule has 0 radical (unpaired) electrons. The summed E-state index contributed by atoms with van der Waals surface area (Å²) in [5.41, 5.74) is 1.49. The van der Waals surface area contributed by atoms with Crippen molar-refractivity contribution in [2.45, 2.75) is 38.6 Å². The van der Waals surface area contributed by atoms with Crippen LogP contribution in [0, 0.1) is 6.92 Å². The van der Waals surface area contributed by atoms with Gasteiger partial charge in [0.05, 0.1) is 0 Å². The molecule has 1 aromatic carbocycles. The second-order valence-corrected chi connectivity index (χ2v) is 6.96. The largest absolute Gasteiger partial charge is 0.339 e. The Labute approximate surface area is 148 Å². The van der Waals surface area contributed by atoms with E-state index in [1.165, 1.54) is 12.8 Å². The predicted octanol–water partition coefficient (Wildman–Crippen LogP) is 2.99. The molecule has 0 spiro atoms. The molecule has 2 aromatic rings. The highest BCUT2D eigenvalue weighted by Crippen LogP contribution is 2.26. The fourth-order valence-electron chi connectivity index (χ4n) is 3.35. The first-order valence-electron chi connectivity index (χ1n) is 8.91. The third-order valence-electron chi connectivity index (χ3n) is 4.71. The van der Waals surface area contributed by atoms with E-state index in [1.54, 1.807) is 6.92 Å². The fourth-order valence-corrected chi connectivity index (χ4v) is 3.35. The highest BCUT2D eigenvalue weighted by Gasteiger charge is 2.27. The zero-order valence-corrected chi connectivity index (χ0v) is 15.2. The Morgan fingerprint density at radius 1 is 1.24 bits per heavy atom. The van der Waals surface area contributed by atoms with E-state index in [2.05, 4.69) is 15.0 Å². The van der Waals surface area contributed by atoms with Crippen LogP contribution < -0.4 is 0 Å². The van der Waals surface area contributed by atoms with Crippen LogP contribution in [-0.2, 0) is 0 Å². The molecule has 3 rings (SSSR count). The summed E-state index contributed by atoms with van der Waals surface area (Å²) in [5.74, 6) is 1.13. The normalized spacial score (nSPS) is 15.0. The predicted molar refractivity (Wildman–Crippen MR) is 96.3 cm³/mol. The summed E-state index contributed by atoms with van der Waals surface area (Å²) >= 11 is 0. The minimum atomic E-state index is 0.0933. The van der Waals surface area contributed by atoms with Gasteiger partial charge in [-0.2, -0.15) is 4.98 Å². The molecule has 1 aliphatic carbocycles. The van der Waals surface area contributed by atoms with E-state index in [-0.39, 0.29) is 5.91 Å². The molecule has 25 heavy (non-hydrogen) atoms. The molecule has 0 atom stereocenters. The molecule has 1 amide bonds. The molecule has 0 aliphatic heterocycles. The van der Waals surface area contributed by atoms with Gasteiger partial charge in [0.1, 0.15) is 0 Å². The Morgan fingerprint density at radius 3 is 2.64 bits per heavy atom. The van der Waals surface area contributed by atoms with Gasteiger partial charge < -0.3 is 14.3 Å². The van der Waals surface area contributed by atoms with Crippen LogP contribution >= 0.6 is 0 Å². The number of carbonyl (C=O) groups excluding carboxylic acids is 1. The average Bonchev–Trinajstić information content (AvgIpc) is 3.27. The molecule has 0 bridgehead atoms. The lowest BCUT2D eigenvalue weighted by Gasteiger charge is -2.30.